The number of carbonyl (C=O) groups excluding carboxylic acids is 3. The normalized spacial score (nSPS) is 12.4. The van der Waals surface area contributed by atoms with Crippen LogP contribution in [0, 0.1) is 0 Å². The fraction of sp³-hybridized carbons (Fsp3) is 0.634. The second kappa shape index (κ2) is 34.4. The number of fused-ring (bicyclic) bond motifs is 1. The van der Waals surface area contributed by atoms with Gasteiger partial charge in [-0.25, -0.2) is 0 Å². The van der Waals surface area contributed by atoms with Crippen LogP contribution in [0.25, 0.3) is 0 Å². The average molecular weight is 824 g/mol. The zero-order chi connectivity index (χ0) is 41.0. The zero-order valence-electron chi connectivity index (χ0n) is 33.6. The Morgan fingerprint density at radius 3 is 0.931 bits per heavy atom. The van der Waals surface area contributed by atoms with E-state index in [2.05, 4.69) is 0 Å². The van der Waals surface area contributed by atoms with E-state index in [0.717, 1.165) is 6.29 Å². The van der Waals surface area contributed by atoms with E-state index in [-0.39, 0.29) is 25.0 Å². The number of ether oxygens (including phenoxy) is 13. The van der Waals surface area contributed by atoms with Gasteiger partial charge in [0.05, 0.1) is 176 Å². The Bertz CT molecular complexity index is 1300. The van der Waals surface area contributed by atoms with Crippen LogP contribution in [0.1, 0.15) is 31.1 Å². The zero-order valence-corrected chi connectivity index (χ0v) is 33.6. The summed E-state index contributed by atoms with van der Waals surface area (Å²) >= 11 is 0. The number of rotatable bonds is 41. The minimum absolute atomic E-state index is 0.208. The van der Waals surface area contributed by atoms with Crippen LogP contribution in [0.15, 0.2) is 48.5 Å². The molecule has 1 aliphatic heterocycles. The van der Waals surface area contributed by atoms with Gasteiger partial charge >= 0.3 is 0 Å². The molecule has 17 heteroatoms. The Kier molecular flexibility index (Phi) is 29.1. The maximum absolute atomic E-state index is 12.3. The topological polar surface area (TPSA) is 174 Å². The predicted octanol–water partition coefficient (Wildman–Crippen LogP) is 2.37. The molecule has 2 amide bonds. The molecule has 0 N–H and O–H groups in total. The Hall–Kier alpha value is -3.43. The second-order valence-electron chi connectivity index (χ2n) is 12.2. The molecule has 0 unspecified atom stereocenters. The first kappa shape index (κ1) is 48.9. The van der Waals surface area contributed by atoms with Crippen LogP contribution in [0.2, 0.25) is 0 Å². The van der Waals surface area contributed by atoms with E-state index in [1.807, 2.05) is 0 Å². The summed E-state index contributed by atoms with van der Waals surface area (Å²) in [5.74, 6) is 0.133. The van der Waals surface area contributed by atoms with Crippen molar-refractivity contribution in [1.82, 2.24) is 4.90 Å². The molecule has 0 fully saturated rings. The fourth-order valence-electron chi connectivity index (χ4n) is 4.98. The van der Waals surface area contributed by atoms with Gasteiger partial charge in [0.2, 0.25) is 0 Å². The Balaban J connectivity index is 0.897. The molecular weight excluding hydrogens is 762 g/mol. The lowest BCUT2D eigenvalue weighted by molar-refractivity contribution is -0.0286. The molecule has 1 aliphatic rings. The summed E-state index contributed by atoms with van der Waals surface area (Å²) in [6.07, 6.45) is 0.794. The molecule has 2 aromatic rings. The van der Waals surface area contributed by atoms with Crippen LogP contribution in [-0.2, 0) is 56.8 Å². The SMILES string of the molecule is O=Cc1ccc(OCCOCCOCCOCCOCCOCCOCCOCCOCCOCCOCCOCCOCCN2C(=O)c3ccccc3C2=O)cc1. The van der Waals surface area contributed by atoms with Gasteiger partial charge in [0.1, 0.15) is 18.6 Å². The first-order valence-corrected chi connectivity index (χ1v) is 19.8. The molecule has 0 aliphatic carbocycles. The summed E-state index contributed by atoms with van der Waals surface area (Å²) in [6, 6.07) is 13.7. The van der Waals surface area contributed by atoms with Crippen molar-refractivity contribution in [3.63, 3.8) is 0 Å². The van der Waals surface area contributed by atoms with Crippen LogP contribution in [0.3, 0.4) is 0 Å². The van der Waals surface area contributed by atoms with Crippen LogP contribution < -0.4 is 4.74 Å². The molecule has 3 rings (SSSR count). The largest absolute Gasteiger partial charge is 0.491 e. The number of hydrogen-bond acceptors (Lipinski definition) is 16. The lowest BCUT2D eigenvalue weighted by atomic mass is 10.1. The second-order valence-corrected chi connectivity index (χ2v) is 12.2. The maximum atomic E-state index is 12.3. The highest BCUT2D eigenvalue weighted by atomic mass is 16.6. The lowest BCUT2D eigenvalue weighted by Gasteiger charge is -2.13. The van der Waals surface area contributed by atoms with E-state index >= 15 is 0 Å². The van der Waals surface area contributed by atoms with Crippen molar-refractivity contribution in [2.45, 2.75) is 0 Å². The molecular formula is C41H61NO16. The van der Waals surface area contributed by atoms with Gasteiger partial charge < -0.3 is 61.6 Å². The lowest BCUT2D eigenvalue weighted by Crippen LogP contribution is -2.33. The van der Waals surface area contributed by atoms with E-state index in [1.54, 1.807) is 48.5 Å². The molecule has 0 saturated heterocycles. The van der Waals surface area contributed by atoms with Crippen molar-refractivity contribution in [3.8, 4) is 5.75 Å². The average Bonchev–Trinajstić information content (AvgIpc) is 3.49. The minimum atomic E-state index is -0.282. The Morgan fingerprint density at radius 2 is 0.638 bits per heavy atom. The van der Waals surface area contributed by atoms with Gasteiger partial charge in [-0.05, 0) is 36.4 Å². The number of benzene rings is 2. The van der Waals surface area contributed by atoms with E-state index < -0.39 is 0 Å². The molecule has 0 spiro atoms. The molecule has 0 saturated carbocycles. The highest BCUT2D eigenvalue weighted by Gasteiger charge is 2.34. The van der Waals surface area contributed by atoms with Crippen molar-refractivity contribution < 1.29 is 76.0 Å². The van der Waals surface area contributed by atoms with Gasteiger partial charge in [0.25, 0.3) is 11.8 Å². The third-order valence-electron chi connectivity index (χ3n) is 7.94. The highest BCUT2D eigenvalue weighted by molar-refractivity contribution is 6.21. The molecule has 58 heavy (non-hydrogen) atoms. The molecule has 326 valence electrons. The number of aldehydes is 1. The summed E-state index contributed by atoms with van der Waals surface area (Å²) in [7, 11) is 0. The molecule has 2 aromatic carbocycles. The summed E-state index contributed by atoms with van der Waals surface area (Å²) in [5.41, 5.74) is 1.49. The Labute approximate surface area is 341 Å². The van der Waals surface area contributed by atoms with Gasteiger partial charge in [-0.3, -0.25) is 19.3 Å². The van der Waals surface area contributed by atoms with Crippen LogP contribution >= 0.6 is 0 Å². The van der Waals surface area contributed by atoms with E-state index in [9.17, 15) is 14.4 Å². The number of imide groups is 1. The molecule has 0 atom stereocenters. The van der Waals surface area contributed by atoms with Gasteiger partial charge in [-0.1, -0.05) is 12.1 Å². The number of carbonyl (C=O) groups is 3. The van der Waals surface area contributed by atoms with Crippen molar-refractivity contribution in [3.05, 3.63) is 65.2 Å². The predicted molar refractivity (Wildman–Crippen MR) is 209 cm³/mol. The number of nitrogens with zero attached hydrogens (tertiary/aromatic N) is 1. The van der Waals surface area contributed by atoms with Crippen LogP contribution in [0.4, 0.5) is 0 Å². The van der Waals surface area contributed by atoms with Gasteiger partial charge in [0.15, 0.2) is 0 Å². The standard InChI is InChI=1S/C41H61NO16/c43-35-36-5-7-37(8-6-36)58-34-33-57-32-31-56-30-29-55-28-27-54-26-25-53-24-23-52-22-21-51-20-19-50-18-17-49-16-15-48-14-13-47-12-11-46-10-9-42-40(44)38-3-1-2-4-39(38)41(42)45/h1-8,35H,9-34H2. The maximum Gasteiger partial charge on any atom is 0.261 e. The number of amides is 2. The first-order valence-electron chi connectivity index (χ1n) is 19.8. The molecule has 0 radical (unpaired) electrons. The van der Waals surface area contributed by atoms with E-state index in [1.165, 1.54) is 4.90 Å². The van der Waals surface area contributed by atoms with Crippen molar-refractivity contribution >= 4 is 18.1 Å². The summed E-state index contributed by atoms with van der Waals surface area (Å²) in [6.45, 7) is 11.5. The third-order valence-corrected chi connectivity index (χ3v) is 7.94. The third kappa shape index (κ3) is 23.2. The van der Waals surface area contributed by atoms with Crippen molar-refractivity contribution in [2.75, 3.05) is 172 Å². The number of hydrogen-bond donors (Lipinski definition) is 0. The summed E-state index contributed by atoms with van der Waals surface area (Å²) < 4.78 is 71.3. The molecule has 0 aromatic heterocycles. The van der Waals surface area contributed by atoms with Crippen LogP contribution in [0.5, 0.6) is 5.75 Å². The minimum Gasteiger partial charge on any atom is -0.491 e. The monoisotopic (exact) mass is 823 g/mol. The fourth-order valence-corrected chi connectivity index (χ4v) is 4.98. The Morgan fingerprint density at radius 1 is 0.362 bits per heavy atom. The van der Waals surface area contributed by atoms with Gasteiger partial charge in [-0.15, -0.1) is 0 Å². The van der Waals surface area contributed by atoms with Gasteiger partial charge in [-0.2, -0.15) is 0 Å². The van der Waals surface area contributed by atoms with E-state index in [0.29, 0.717) is 181 Å². The molecule has 0 bridgehead atoms. The van der Waals surface area contributed by atoms with Gasteiger partial charge in [0, 0.05) is 5.56 Å². The summed E-state index contributed by atoms with van der Waals surface area (Å²) in [5, 5.41) is 0. The smallest absolute Gasteiger partial charge is 0.261 e. The molecule has 1 heterocycles. The van der Waals surface area contributed by atoms with Crippen molar-refractivity contribution in [1.29, 1.82) is 0 Å². The van der Waals surface area contributed by atoms with Crippen LogP contribution in [-0.4, -0.2) is 195 Å². The quantitative estimate of drug-likeness (QED) is 0.0543. The highest BCUT2D eigenvalue weighted by Crippen LogP contribution is 2.21. The van der Waals surface area contributed by atoms with Crippen molar-refractivity contribution in [2.24, 2.45) is 0 Å². The summed E-state index contributed by atoms with van der Waals surface area (Å²) in [4.78, 5) is 36.5. The molecule has 17 nitrogen and oxygen atoms in total. The first-order chi connectivity index (χ1) is 28.7. The van der Waals surface area contributed by atoms with E-state index in [4.69, 9.17) is 61.6 Å².